The fourth-order valence-electron chi connectivity index (χ4n) is 3.62. The molecule has 26 heavy (non-hydrogen) atoms. The zero-order valence-corrected chi connectivity index (χ0v) is 15.6. The number of benzene rings is 2. The van der Waals surface area contributed by atoms with Crippen molar-refractivity contribution in [1.29, 1.82) is 0 Å². The lowest BCUT2D eigenvalue weighted by molar-refractivity contribution is -0.131. The summed E-state index contributed by atoms with van der Waals surface area (Å²) in [4.78, 5) is 17.1. The lowest BCUT2D eigenvalue weighted by Gasteiger charge is -2.32. The van der Waals surface area contributed by atoms with Gasteiger partial charge in [-0.3, -0.25) is 9.69 Å². The lowest BCUT2D eigenvalue weighted by atomic mass is 10.0. The van der Waals surface area contributed by atoms with E-state index < -0.39 is 0 Å². The minimum Gasteiger partial charge on any atom is -0.392 e. The molecule has 3 rings (SSSR count). The second-order valence-corrected chi connectivity index (χ2v) is 7.24. The molecular weight excluding hydrogens is 324 g/mol. The van der Waals surface area contributed by atoms with E-state index in [-0.39, 0.29) is 18.1 Å². The average molecular weight is 352 g/mol. The van der Waals surface area contributed by atoms with E-state index in [2.05, 4.69) is 17.0 Å². The molecule has 0 saturated carbocycles. The first kappa shape index (κ1) is 18.6. The van der Waals surface area contributed by atoms with Gasteiger partial charge in [-0.2, -0.15) is 0 Å². The van der Waals surface area contributed by atoms with Gasteiger partial charge in [0.1, 0.15) is 0 Å². The summed E-state index contributed by atoms with van der Waals surface area (Å²) in [5.74, 6) is 0.118. The molecule has 1 fully saturated rings. The largest absolute Gasteiger partial charge is 0.392 e. The van der Waals surface area contributed by atoms with E-state index in [1.165, 1.54) is 0 Å². The Morgan fingerprint density at radius 3 is 2.54 bits per heavy atom. The van der Waals surface area contributed by atoms with Gasteiger partial charge in [0.2, 0.25) is 5.91 Å². The van der Waals surface area contributed by atoms with Crippen LogP contribution in [0.15, 0.2) is 54.6 Å². The van der Waals surface area contributed by atoms with Crippen LogP contribution in [-0.2, 0) is 11.2 Å². The number of carbonyl (C=O) groups excluding carboxylic acids is 1. The molecule has 138 valence electrons. The Morgan fingerprint density at radius 1 is 1.19 bits per heavy atom. The lowest BCUT2D eigenvalue weighted by Crippen LogP contribution is -2.39. The van der Waals surface area contributed by atoms with Gasteiger partial charge in [-0.1, -0.05) is 54.6 Å². The highest BCUT2D eigenvalue weighted by Gasteiger charge is 2.28. The third-order valence-electron chi connectivity index (χ3n) is 5.33. The SMILES string of the molecule is Cc1ccccc1CC(=O)N(C)C(CN1CCC(O)C1)c1ccccc1. The molecule has 4 heteroatoms. The maximum absolute atomic E-state index is 13.0. The molecule has 4 nitrogen and oxygen atoms in total. The van der Waals surface area contributed by atoms with Crippen molar-refractivity contribution in [2.45, 2.75) is 31.9 Å². The van der Waals surface area contributed by atoms with Gasteiger partial charge >= 0.3 is 0 Å². The second kappa shape index (κ2) is 8.47. The fourth-order valence-corrected chi connectivity index (χ4v) is 3.62. The Bertz CT molecular complexity index is 732. The number of aliphatic hydroxyl groups excluding tert-OH is 1. The van der Waals surface area contributed by atoms with E-state index in [1.54, 1.807) is 0 Å². The standard InChI is InChI=1S/C22H28N2O2/c1-17-8-6-7-11-19(17)14-22(26)23(2)21(18-9-4-3-5-10-18)16-24-13-12-20(25)15-24/h3-11,20-21,25H,12-16H2,1-2H3. The zero-order chi connectivity index (χ0) is 18.5. The molecular formula is C22H28N2O2. The van der Waals surface area contributed by atoms with Crippen molar-refractivity contribution in [1.82, 2.24) is 9.80 Å². The van der Waals surface area contributed by atoms with E-state index in [0.717, 1.165) is 36.2 Å². The van der Waals surface area contributed by atoms with Crippen LogP contribution in [0.3, 0.4) is 0 Å². The Kier molecular flexibility index (Phi) is 6.07. The van der Waals surface area contributed by atoms with Crippen molar-refractivity contribution >= 4 is 5.91 Å². The molecule has 0 aromatic heterocycles. The van der Waals surface area contributed by atoms with Crippen LogP contribution in [0, 0.1) is 6.92 Å². The van der Waals surface area contributed by atoms with Crippen LogP contribution in [0.4, 0.5) is 0 Å². The number of nitrogens with zero attached hydrogens (tertiary/aromatic N) is 2. The zero-order valence-electron chi connectivity index (χ0n) is 15.6. The molecule has 1 aliphatic heterocycles. The highest BCUT2D eigenvalue weighted by molar-refractivity contribution is 5.79. The number of carbonyl (C=O) groups is 1. The summed E-state index contributed by atoms with van der Waals surface area (Å²) in [5, 5.41) is 9.83. The van der Waals surface area contributed by atoms with Crippen LogP contribution in [0.5, 0.6) is 0 Å². The summed E-state index contributed by atoms with van der Waals surface area (Å²) in [6.07, 6.45) is 0.969. The molecule has 1 saturated heterocycles. The molecule has 2 atom stereocenters. The van der Waals surface area contributed by atoms with Crippen LogP contribution in [0.25, 0.3) is 0 Å². The van der Waals surface area contributed by atoms with Gasteiger partial charge in [-0.15, -0.1) is 0 Å². The molecule has 1 heterocycles. The summed E-state index contributed by atoms with van der Waals surface area (Å²) in [7, 11) is 1.89. The fraction of sp³-hybridized carbons (Fsp3) is 0.409. The van der Waals surface area contributed by atoms with Crippen molar-refractivity contribution in [3.63, 3.8) is 0 Å². The average Bonchev–Trinajstić information content (AvgIpc) is 3.06. The third kappa shape index (κ3) is 4.51. The van der Waals surface area contributed by atoms with Crippen molar-refractivity contribution in [3.05, 3.63) is 71.3 Å². The van der Waals surface area contributed by atoms with Crippen LogP contribution in [0.1, 0.15) is 29.2 Å². The van der Waals surface area contributed by atoms with Gasteiger partial charge in [-0.05, 0) is 30.0 Å². The Labute approximate surface area is 156 Å². The van der Waals surface area contributed by atoms with Crippen molar-refractivity contribution in [2.75, 3.05) is 26.7 Å². The molecule has 2 aromatic carbocycles. The predicted molar refractivity (Wildman–Crippen MR) is 104 cm³/mol. The summed E-state index contributed by atoms with van der Waals surface area (Å²) in [6.45, 7) is 4.35. The molecule has 0 radical (unpaired) electrons. The summed E-state index contributed by atoms with van der Waals surface area (Å²) in [5.41, 5.74) is 3.36. The number of hydrogen-bond donors (Lipinski definition) is 1. The Balaban J connectivity index is 1.76. The molecule has 2 aromatic rings. The number of aryl methyl sites for hydroxylation is 1. The van der Waals surface area contributed by atoms with Gasteiger partial charge in [0.25, 0.3) is 0 Å². The summed E-state index contributed by atoms with van der Waals surface area (Å²) >= 11 is 0. The molecule has 1 aliphatic rings. The second-order valence-electron chi connectivity index (χ2n) is 7.24. The van der Waals surface area contributed by atoms with Crippen LogP contribution in [0.2, 0.25) is 0 Å². The first-order valence-electron chi connectivity index (χ1n) is 9.30. The maximum Gasteiger partial charge on any atom is 0.227 e. The maximum atomic E-state index is 13.0. The molecule has 0 bridgehead atoms. The van der Waals surface area contributed by atoms with Crippen molar-refractivity contribution in [2.24, 2.45) is 0 Å². The van der Waals surface area contributed by atoms with Crippen LogP contribution in [-0.4, -0.2) is 53.6 Å². The molecule has 1 amide bonds. The number of amides is 1. The first-order valence-corrected chi connectivity index (χ1v) is 9.30. The number of likely N-dealkylation sites (tertiary alicyclic amines) is 1. The first-order chi connectivity index (χ1) is 12.5. The van der Waals surface area contributed by atoms with Gasteiger partial charge in [-0.25, -0.2) is 0 Å². The Hall–Kier alpha value is -2.17. The highest BCUT2D eigenvalue weighted by atomic mass is 16.3. The monoisotopic (exact) mass is 352 g/mol. The molecule has 0 aliphatic carbocycles. The number of hydrogen-bond acceptors (Lipinski definition) is 3. The van der Waals surface area contributed by atoms with Crippen LogP contribution < -0.4 is 0 Å². The minimum absolute atomic E-state index is 0.0157. The van der Waals surface area contributed by atoms with E-state index >= 15 is 0 Å². The third-order valence-corrected chi connectivity index (χ3v) is 5.33. The molecule has 0 spiro atoms. The summed E-state index contributed by atoms with van der Waals surface area (Å²) < 4.78 is 0. The number of β-amino-alcohol motifs (C(OH)–C–C–N with tert-alkyl or cyclic N) is 1. The van der Waals surface area contributed by atoms with Gasteiger partial charge in [0.05, 0.1) is 18.6 Å². The topological polar surface area (TPSA) is 43.8 Å². The van der Waals surface area contributed by atoms with Gasteiger partial charge in [0, 0.05) is 26.7 Å². The number of aliphatic hydroxyl groups is 1. The number of likely N-dealkylation sites (N-methyl/N-ethyl adjacent to an activating group) is 1. The van der Waals surface area contributed by atoms with Crippen LogP contribution >= 0.6 is 0 Å². The highest BCUT2D eigenvalue weighted by Crippen LogP contribution is 2.24. The quantitative estimate of drug-likeness (QED) is 0.869. The van der Waals surface area contributed by atoms with E-state index in [9.17, 15) is 9.90 Å². The normalized spacial score (nSPS) is 18.7. The summed E-state index contributed by atoms with van der Waals surface area (Å²) in [6, 6.07) is 18.2. The van der Waals surface area contributed by atoms with E-state index in [1.807, 2.05) is 61.3 Å². The van der Waals surface area contributed by atoms with Crippen molar-refractivity contribution in [3.8, 4) is 0 Å². The van der Waals surface area contributed by atoms with E-state index in [4.69, 9.17) is 0 Å². The number of rotatable bonds is 6. The molecule has 1 N–H and O–H groups in total. The van der Waals surface area contributed by atoms with Gasteiger partial charge in [0.15, 0.2) is 0 Å². The smallest absolute Gasteiger partial charge is 0.227 e. The Morgan fingerprint density at radius 2 is 1.88 bits per heavy atom. The van der Waals surface area contributed by atoms with Gasteiger partial charge < -0.3 is 10.0 Å². The van der Waals surface area contributed by atoms with Crippen molar-refractivity contribution < 1.29 is 9.90 Å². The minimum atomic E-state index is -0.251. The van der Waals surface area contributed by atoms with E-state index in [0.29, 0.717) is 13.0 Å². The molecule has 2 unspecified atom stereocenters. The predicted octanol–water partition coefficient (Wildman–Crippen LogP) is 2.80.